The van der Waals surface area contributed by atoms with E-state index in [-0.39, 0.29) is 0 Å². The molecular weight excluding hydrogens is 262 g/mol. The monoisotopic (exact) mass is 275 g/mol. The molecule has 0 fully saturated rings. The van der Waals surface area contributed by atoms with Crippen molar-refractivity contribution in [2.45, 2.75) is 0 Å². The minimum atomic E-state index is -0.391. The van der Waals surface area contributed by atoms with Gasteiger partial charge in [-0.15, -0.1) is 5.73 Å². The van der Waals surface area contributed by atoms with Crippen molar-refractivity contribution in [3.8, 4) is 5.75 Å². The Morgan fingerprint density at radius 3 is 2.33 bits per heavy atom. The number of hydrogen-bond acceptors (Lipinski definition) is 3. The van der Waals surface area contributed by atoms with Crippen molar-refractivity contribution in [3.63, 3.8) is 0 Å². The Balaban J connectivity index is 1.74. The normalized spacial score (nSPS) is 12.3. The van der Waals surface area contributed by atoms with Gasteiger partial charge in [-0.1, -0.05) is 18.2 Å². The van der Waals surface area contributed by atoms with Crippen LogP contribution >= 0.6 is 0 Å². The van der Waals surface area contributed by atoms with Gasteiger partial charge in [0.15, 0.2) is 0 Å². The lowest BCUT2D eigenvalue weighted by Gasteiger charge is -2.05. The number of hydrogen-bond donors (Lipinski definition) is 1. The van der Waals surface area contributed by atoms with E-state index in [4.69, 9.17) is 10.5 Å². The first kappa shape index (κ1) is 13.0. The van der Waals surface area contributed by atoms with E-state index in [9.17, 15) is 4.79 Å². The predicted molar refractivity (Wildman–Crippen MR) is 82.9 cm³/mol. The third-order valence-electron chi connectivity index (χ3n) is 3.12. The molecule has 0 amide bonds. The van der Waals surface area contributed by atoms with Gasteiger partial charge in [0.05, 0.1) is 5.56 Å². The summed E-state index contributed by atoms with van der Waals surface area (Å²) < 4.78 is 5.28. The fraction of sp³-hybridized carbons (Fsp3) is 0. The predicted octanol–water partition coefficient (Wildman–Crippen LogP) is 3.60. The Bertz CT molecular complexity index is 762. The lowest BCUT2D eigenvalue weighted by molar-refractivity contribution is 0.0735. The van der Waals surface area contributed by atoms with Gasteiger partial charge in [0, 0.05) is 11.3 Å². The maximum Gasteiger partial charge on any atom is 0.343 e. The van der Waals surface area contributed by atoms with Crippen molar-refractivity contribution in [2.24, 2.45) is 0 Å². The smallest absolute Gasteiger partial charge is 0.343 e. The molecule has 0 heterocycles. The molecule has 3 heteroatoms. The maximum absolute atomic E-state index is 12.0. The van der Waals surface area contributed by atoms with Crippen LogP contribution in [0.1, 0.15) is 15.9 Å². The second-order valence-corrected chi connectivity index (χ2v) is 4.62. The summed E-state index contributed by atoms with van der Waals surface area (Å²) >= 11 is 0. The first-order chi connectivity index (χ1) is 10.2. The first-order valence-corrected chi connectivity index (χ1v) is 6.54. The molecular formula is C18H13NO2. The molecule has 102 valence electrons. The summed E-state index contributed by atoms with van der Waals surface area (Å²) in [5, 5.41) is 0. The van der Waals surface area contributed by atoms with Crippen LogP contribution in [0.2, 0.25) is 0 Å². The standard InChI is InChI=1S/C18H13NO2/c19-16-9-11-17(12-10-16)21-18(20)15-7-5-14(6-8-15)13-3-1-2-4-13/h1-3,5-12H,19H2. The first-order valence-electron chi connectivity index (χ1n) is 6.54. The van der Waals surface area contributed by atoms with Crippen LogP contribution in [0.5, 0.6) is 5.75 Å². The molecule has 0 aromatic heterocycles. The highest BCUT2D eigenvalue weighted by molar-refractivity contribution is 5.91. The highest BCUT2D eigenvalue weighted by Gasteiger charge is 2.09. The van der Waals surface area contributed by atoms with Gasteiger partial charge in [0.25, 0.3) is 0 Å². The van der Waals surface area contributed by atoms with E-state index in [0.717, 1.165) is 11.1 Å². The molecule has 0 bridgehead atoms. The molecule has 3 rings (SSSR count). The molecule has 0 unspecified atom stereocenters. The molecule has 2 aromatic rings. The van der Waals surface area contributed by atoms with Crippen molar-refractivity contribution < 1.29 is 9.53 Å². The zero-order valence-electron chi connectivity index (χ0n) is 11.2. The fourth-order valence-electron chi connectivity index (χ4n) is 2.00. The molecule has 2 aromatic carbocycles. The molecule has 0 aliphatic heterocycles. The highest BCUT2D eigenvalue weighted by atomic mass is 16.5. The van der Waals surface area contributed by atoms with Crippen LogP contribution < -0.4 is 10.5 Å². The van der Waals surface area contributed by atoms with E-state index < -0.39 is 5.97 Å². The Morgan fingerprint density at radius 1 is 1.00 bits per heavy atom. The number of rotatable bonds is 3. The van der Waals surface area contributed by atoms with Crippen LogP contribution in [0.15, 0.2) is 72.5 Å². The van der Waals surface area contributed by atoms with Gasteiger partial charge in [-0.25, -0.2) is 4.79 Å². The number of esters is 1. The third-order valence-corrected chi connectivity index (χ3v) is 3.12. The Morgan fingerprint density at radius 2 is 1.71 bits per heavy atom. The number of ether oxygens (including phenoxy) is 1. The van der Waals surface area contributed by atoms with Crippen LogP contribution in [-0.4, -0.2) is 5.97 Å². The molecule has 1 aliphatic rings. The van der Waals surface area contributed by atoms with E-state index in [0.29, 0.717) is 17.0 Å². The van der Waals surface area contributed by atoms with E-state index in [2.05, 4.69) is 5.73 Å². The lowest BCUT2D eigenvalue weighted by Crippen LogP contribution is -2.08. The Kier molecular flexibility index (Phi) is 3.42. The maximum atomic E-state index is 12.0. The zero-order chi connectivity index (χ0) is 14.7. The summed E-state index contributed by atoms with van der Waals surface area (Å²) in [4.78, 5) is 12.0. The molecule has 2 N–H and O–H groups in total. The Hall–Kier alpha value is -3.03. The number of benzene rings is 2. The van der Waals surface area contributed by atoms with Crippen molar-refractivity contribution in [3.05, 3.63) is 83.6 Å². The summed E-state index contributed by atoms with van der Waals surface area (Å²) in [7, 11) is 0. The molecule has 0 saturated carbocycles. The molecule has 0 saturated heterocycles. The van der Waals surface area contributed by atoms with Crippen LogP contribution in [0, 0.1) is 0 Å². The zero-order valence-corrected chi connectivity index (χ0v) is 11.2. The van der Waals surface area contributed by atoms with E-state index in [1.807, 2.05) is 30.4 Å². The quantitative estimate of drug-likeness (QED) is 0.403. The van der Waals surface area contributed by atoms with Crippen LogP contribution in [0.3, 0.4) is 0 Å². The number of nitrogens with two attached hydrogens (primary N) is 1. The Labute approximate surface area is 122 Å². The molecule has 0 radical (unpaired) electrons. The lowest BCUT2D eigenvalue weighted by atomic mass is 10.1. The second kappa shape index (κ2) is 5.53. The number of nitrogen functional groups attached to an aromatic ring is 1. The molecule has 0 atom stereocenters. The largest absolute Gasteiger partial charge is 0.423 e. The fourth-order valence-corrected chi connectivity index (χ4v) is 2.00. The minimum Gasteiger partial charge on any atom is -0.423 e. The van der Waals surface area contributed by atoms with Gasteiger partial charge in [-0.3, -0.25) is 0 Å². The third kappa shape index (κ3) is 2.94. The number of carbonyl (C=O) groups excluding carboxylic acids is 1. The summed E-state index contributed by atoms with van der Waals surface area (Å²) in [6.07, 6.45) is 5.76. The summed E-state index contributed by atoms with van der Waals surface area (Å²) in [6, 6.07) is 14.0. The second-order valence-electron chi connectivity index (χ2n) is 4.62. The average molecular weight is 275 g/mol. The summed E-state index contributed by atoms with van der Waals surface area (Å²) in [5.74, 6) is 0.0838. The number of allylic oxidation sites excluding steroid dienone is 3. The van der Waals surface area contributed by atoms with Gasteiger partial charge in [-0.2, -0.15) is 0 Å². The van der Waals surface area contributed by atoms with E-state index in [1.54, 1.807) is 36.4 Å². The van der Waals surface area contributed by atoms with Gasteiger partial charge in [-0.05, 0) is 54.1 Å². The minimum absolute atomic E-state index is 0.391. The van der Waals surface area contributed by atoms with E-state index in [1.165, 1.54) is 0 Å². The van der Waals surface area contributed by atoms with Crippen LogP contribution in [0.25, 0.3) is 5.57 Å². The van der Waals surface area contributed by atoms with E-state index >= 15 is 0 Å². The number of carbonyl (C=O) groups is 1. The van der Waals surface area contributed by atoms with Crippen molar-refractivity contribution in [2.75, 3.05) is 5.73 Å². The number of anilines is 1. The molecule has 21 heavy (non-hydrogen) atoms. The summed E-state index contributed by atoms with van der Waals surface area (Å²) in [6.45, 7) is 0. The van der Waals surface area contributed by atoms with Crippen molar-refractivity contribution >= 4 is 17.2 Å². The molecule has 1 aliphatic carbocycles. The van der Waals surface area contributed by atoms with Crippen LogP contribution in [0.4, 0.5) is 5.69 Å². The van der Waals surface area contributed by atoms with Crippen LogP contribution in [-0.2, 0) is 0 Å². The van der Waals surface area contributed by atoms with Gasteiger partial charge >= 0.3 is 5.97 Å². The van der Waals surface area contributed by atoms with Crippen molar-refractivity contribution in [1.29, 1.82) is 0 Å². The van der Waals surface area contributed by atoms with Crippen molar-refractivity contribution in [1.82, 2.24) is 0 Å². The van der Waals surface area contributed by atoms with Gasteiger partial charge in [0.2, 0.25) is 0 Å². The van der Waals surface area contributed by atoms with Gasteiger partial charge in [0.1, 0.15) is 5.75 Å². The average Bonchev–Trinajstić information content (AvgIpc) is 3.04. The van der Waals surface area contributed by atoms with Gasteiger partial charge < -0.3 is 10.5 Å². The summed E-state index contributed by atoms with van der Waals surface area (Å²) in [5.41, 5.74) is 11.9. The molecule has 3 nitrogen and oxygen atoms in total. The highest BCUT2D eigenvalue weighted by Crippen LogP contribution is 2.19. The molecule has 0 spiro atoms. The SMILES string of the molecule is Nc1ccc(OC(=O)c2ccc(C3=C=CC=C3)cc2)cc1. The topological polar surface area (TPSA) is 52.3 Å².